The maximum absolute atomic E-state index is 11.8. The lowest BCUT2D eigenvalue weighted by atomic mass is 9.92. The molecule has 20 heavy (non-hydrogen) atoms. The molecule has 0 unspecified atom stereocenters. The van der Waals surface area contributed by atoms with Crippen molar-refractivity contribution in [1.82, 2.24) is 5.32 Å². The highest BCUT2D eigenvalue weighted by molar-refractivity contribution is 7.99. The summed E-state index contributed by atoms with van der Waals surface area (Å²) in [6.07, 6.45) is 3.91. The third kappa shape index (κ3) is 5.00. The van der Waals surface area contributed by atoms with E-state index in [1.54, 1.807) is 11.8 Å². The molecular formula is C15H20ClNO2S. The number of hydrogen-bond acceptors (Lipinski definition) is 3. The smallest absolute Gasteiger partial charge is 0.221 e. The first-order chi connectivity index (χ1) is 9.65. The number of halogens is 1. The van der Waals surface area contributed by atoms with E-state index in [0.717, 1.165) is 41.4 Å². The maximum Gasteiger partial charge on any atom is 0.221 e. The van der Waals surface area contributed by atoms with Gasteiger partial charge in [-0.15, -0.1) is 11.8 Å². The van der Waals surface area contributed by atoms with E-state index in [-0.39, 0.29) is 18.1 Å². The molecule has 110 valence electrons. The van der Waals surface area contributed by atoms with Gasteiger partial charge in [-0.2, -0.15) is 0 Å². The molecule has 0 bridgehead atoms. The summed E-state index contributed by atoms with van der Waals surface area (Å²) in [5.74, 6) is 0.758. The van der Waals surface area contributed by atoms with Crippen LogP contribution in [-0.4, -0.2) is 28.9 Å². The fourth-order valence-electron chi connectivity index (χ4n) is 2.35. The Bertz CT molecular complexity index is 438. The molecule has 3 nitrogen and oxygen atoms in total. The van der Waals surface area contributed by atoms with Crippen LogP contribution in [0.5, 0.6) is 0 Å². The fourth-order valence-corrected chi connectivity index (χ4v) is 3.33. The number of rotatable bonds is 5. The Hall–Kier alpha value is -0.710. The maximum atomic E-state index is 11.8. The summed E-state index contributed by atoms with van der Waals surface area (Å²) in [6, 6.07) is 7.55. The first-order valence-electron chi connectivity index (χ1n) is 7.01. The van der Waals surface area contributed by atoms with E-state index in [1.807, 2.05) is 24.3 Å². The van der Waals surface area contributed by atoms with Crippen LogP contribution in [-0.2, 0) is 4.79 Å². The lowest BCUT2D eigenvalue weighted by Gasteiger charge is -2.28. The van der Waals surface area contributed by atoms with Gasteiger partial charge in [-0.3, -0.25) is 4.79 Å². The Morgan fingerprint density at radius 1 is 1.30 bits per heavy atom. The molecule has 1 aromatic rings. The van der Waals surface area contributed by atoms with Crippen molar-refractivity contribution in [2.24, 2.45) is 0 Å². The molecule has 2 rings (SSSR count). The Morgan fingerprint density at radius 2 is 2.00 bits per heavy atom. The van der Waals surface area contributed by atoms with Gasteiger partial charge in [0, 0.05) is 22.1 Å². The first-order valence-corrected chi connectivity index (χ1v) is 8.37. The quantitative estimate of drug-likeness (QED) is 0.820. The zero-order valence-corrected chi connectivity index (χ0v) is 12.9. The number of carbonyl (C=O) groups excluding carboxylic acids is 1. The average Bonchev–Trinajstić information content (AvgIpc) is 2.44. The number of thioether (sulfide) groups is 1. The van der Waals surface area contributed by atoms with Crippen LogP contribution in [0.15, 0.2) is 29.2 Å². The Balaban J connectivity index is 1.68. The third-order valence-electron chi connectivity index (χ3n) is 3.49. The second-order valence-electron chi connectivity index (χ2n) is 5.08. The monoisotopic (exact) mass is 313 g/mol. The van der Waals surface area contributed by atoms with Crippen molar-refractivity contribution in [3.8, 4) is 0 Å². The minimum Gasteiger partial charge on any atom is -0.391 e. The summed E-state index contributed by atoms with van der Waals surface area (Å²) in [4.78, 5) is 13.0. The summed E-state index contributed by atoms with van der Waals surface area (Å²) >= 11 is 7.46. The highest BCUT2D eigenvalue weighted by Crippen LogP contribution is 2.21. The SMILES string of the molecule is O=C(CCSc1ccc(Cl)cc1)N[C@@H]1CCCC[C@H]1O. The van der Waals surface area contributed by atoms with Crippen molar-refractivity contribution in [2.45, 2.75) is 49.1 Å². The number of nitrogens with one attached hydrogen (secondary N) is 1. The molecule has 1 fully saturated rings. The molecular weight excluding hydrogens is 294 g/mol. The zero-order valence-electron chi connectivity index (χ0n) is 11.3. The molecule has 1 saturated carbocycles. The largest absolute Gasteiger partial charge is 0.391 e. The number of benzene rings is 1. The third-order valence-corrected chi connectivity index (χ3v) is 4.75. The Kier molecular flexibility index (Phi) is 6.20. The van der Waals surface area contributed by atoms with Gasteiger partial charge in [0.1, 0.15) is 0 Å². The van der Waals surface area contributed by atoms with E-state index in [9.17, 15) is 9.90 Å². The van der Waals surface area contributed by atoms with E-state index >= 15 is 0 Å². The molecule has 1 aliphatic carbocycles. The minimum absolute atomic E-state index is 0.0254. The van der Waals surface area contributed by atoms with Crippen molar-refractivity contribution < 1.29 is 9.90 Å². The lowest BCUT2D eigenvalue weighted by molar-refractivity contribution is -0.122. The molecule has 1 aliphatic rings. The highest BCUT2D eigenvalue weighted by atomic mass is 35.5. The molecule has 0 aliphatic heterocycles. The summed E-state index contributed by atoms with van der Waals surface area (Å²) in [6.45, 7) is 0. The van der Waals surface area contributed by atoms with Crippen LogP contribution in [0.3, 0.4) is 0 Å². The highest BCUT2D eigenvalue weighted by Gasteiger charge is 2.24. The van der Waals surface area contributed by atoms with Crippen LogP contribution in [0.25, 0.3) is 0 Å². The number of aliphatic hydroxyl groups is 1. The van der Waals surface area contributed by atoms with Crippen molar-refractivity contribution in [3.05, 3.63) is 29.3 Å². The van der Waals surface area contributed by atoms with Crippen LogP contribution >= 0.6 is 23.4 Å². The lowest BCUT2D eigenvalue weighted by Crippen LogP contribution is -2.45. The summed E-state index contributed by atoms with van der Waals surface area (Å²) in [5, 5.41) is 13.5. The van der Waals surface area contributed by atoms with Gasteiger partial charge < -0.3 is 10.4 Å². The normalized spacial score (nSPS) is 22.5. The topological polar surface area (TPSA) is 49.3 Å². The van der Waals surface area contributed by atoms with Crippen molar-refractivity contribution in [3.63, 3.8) is 0 Å². The van der Waals surface area contributed by atoms with Gasteiger partial charge in [0.2, 0.25) is 5.91 Å². The molecule has 1 amide bonds. The van der Waals surface area contributed by atoms with Gasteiger partial charge in [-0.1, -0.05) is 24.4 Å². The minimum atomic E-state index is -0.378. The van der Waals surface area contributed by atoms with Crippen molar-refractivity contribution in [2.75, 3.05) is 5.75 Å². The molecule has 2 atom stereocenters. The van der Waals surface area contributed by atoms with Crippen molar-refractivity contribution >= 4 is 29.3 Å². The summed E-state index contributed by atoms with van der Waals surface area (Å²) in [5.41, 5.74) is 0. The van der Waals surface area contributed by atoms with Gasteiger partial charge in [0.25, 0.3) is 0 Å². The van der Waals surface area contributed by atoms with Crippen LogP contribution < -0.4 is 5.32 Å². The number of hydrogen-bond donors (Lipinski definition) is 2. The van der Waals surface area contributed by atoms with Crippen molar-refractivity contribution in [1.29, 1.82) is 0 Å². The second kappa shape index (κ2) is 7.91. The summed E-state index contributed by atoms with van der Waals surface area (Å²) < 4.78 is 0. The Morgan fingerprint density at radius 3 is 2.70 bits per heavy atom. The molecule has 0 saturated heterocycles. The van der Waals surface area contributed by atoms with Crippen LogP contribution in [0.2, 0.25) is 5.02 Å². The average molecular weight is 314 g/mol. The van der Waals surface area contributed by atoms with Gasteiger partial charge >= 0.3 is 0 Å². The molecule has 0 radical (unpaired) electrons. The van der Waals surface area contributed by atoms with Gasteiger partial charge in [0.05, 0.1) is 12.1 Å². The molecule has 0 heterocycles. The standard InChI is InChI=1S/C15H20ClNO2S/c16-11-5-7-12(8-6-11)20-10-9-15(19)17-13-3-1-2-4-14(13)18/h5-8,13-14,18H,1-4,9-10H2,(H,17,19)/t13-,14-/m1/s1. The van der Waals surface area contributed by atoms with Crippen LogP contribution in [0, 0.1) is 0 Å². The van der Waals surface area contributed by atoms with Gasteiger partial charge in [-0.05, 0) is 37.1 Å². The van der Waals surface area contributed by atoms with E-state index in [4.69, 9.17) is 11.6 Å². The molecule has 5 heteroatoms. The first kappa shape index (κ1) is 15.7. The Labute approximate surface area is 129 Å². The van der Waals surface area contributed by atoms with E-state index in [1.165, 1.54) is 0 Å². The predicted octanol–water partition coefficient (Wildman–Crippen LogP) is 3.24. The number of aliphatic hydroxyl groups excluding tert-OH is 1. The molecule has 0 aromatic heterocycles. The van der Waals surface area contributed by atoms with Crippen LogP contribution in [0.4, 0.5) is 0 Å². The second-order valence-corrected chi connectivity index (χ2v) is 6.68. The zero-order chi connectivity index (χ0) is 14.4. The van der Waals surface area contributed by atoms with Gasteiger partial charge in [-0.25, -0.2) is 0 Å². The number of amides is 1. The van der Waals surface area contributed by atoms with E-state index in [0.29, 0.717) is 6.42 Å². The van der Waals surface area contributed by atoms with Crippen LogP contribution in [0.1, 0.15) is 32.1 Å². The predicted molar refractivity (Wildman–Crippen MR) is 83.2 cm³/mol. The molecule has 2 N–H and O–H groups in total. The molecule has 1 aromatic carbocycles. The fraction of sp³-hybridized carbons (Fsp3) is 0.533. The number of carbonyl (C=O) groups is 1. The summed E-state index contributed by atoms with van der Waals surface area (Å²) in [7, 11) is 0. The van der Waals surface area contributed by atoms with E-state index < -0.39 is 0 Å². The van der Waals surface area contributed by atoms with E-state index in [2.05, 4.69) is 5.32 Å². The molecule has 0 spiro atoms. The van der Waals surface area contributed by atoms with Gasteiger partial charge in [0.15, 0.2) is 0 Å².